The fourth-order valence-electron chi connectivity index (χ4n) is 3.13. The molecule has 10 heteroatoms. The number of oxazole rings is 1. The molecule has 0 bridgehead atoms. The molecule has 0 atom stereocenters. The lowest BCUT2D eigenvalue weighted by Crippen LogP contribution is -2.24. The Labute approximate surface area is 178 Å². The molecule has 5 rings (SSSR count). The van der Waals surface area contributed by atoms with E-state index in [2.05, 4.69) is 15.1 Å². The Bertz CT molecular complexity index is 1470. The van der Waals surface area contributed by atoms with Crippen molar-refractivity contribution in [3.05, 3.63) is 76.6 Å². The maximum Gasteiger partial charge on any atom is 0.426 e. The summed E-state index contributed by atoms with van der Waals surface area (Å²) >= 11 is 7.48. The Morgan fingerprint density at radius 3 is 2.77 bits per heavy atom. The molecule has 148 valence electrons. The molecular weight excluding hydrogens is 426 g/mol. The number of thioether (sulfide) groups is 1. The predicted molar refractivity (Wildman–Crippen MR) is 113 cm³/mol. The van der Waals surface area contributed by atoms with Gasteiger partial charge in [0.15, 0.2) is 11.2 Å². The van der Waals surface area contributed by atoms with Crippen molar-refractivity contribution in [3.63, 3.8) is 0 Å². The van der Waals surface area contributed by atoms with Gasteiger partial charge >= 0.3 is 5.76 Å². The number of para-hydroxylation sites is 3. The van der Waals surface area contributed by atoms with E-state index in [9.17, 15) is 9.59 Å². The van der Waals surface area contributed by atoms with Crippen molar-refractivity contribution in [1.82, 2.24) is 24.3 Å². The van der Waals surface area contributed by atoms with Crippen LogP contribution in [-0.2, 0) is 0 Å². The summed E-state index contributed by atoms with van der Waals surface area (Å²) in [6.45, 7) is 0. The topological polar surface area (TPSA) is 95.8 Å². The van der Waals surface area contributed by atoms with Crippen LogP contribution < -0.4 is 5.76 Å². The highest BCUT2D eigenvalue weighted by Gasteiger charge is 2.18. The molecule has 3 heterocycles. The first-order chi connectivity index (χ1) is 14.6. The van der Waals surface area contributed by atoms with Crippen LogP contribution in [0.4, 0.5) is 0 Å². The Morgan fingerprint density at radius 1 is 1.10 bits per heavy atom. The third-order valence-corrected chi connectivity index (χ3v) is 5.79. The highest BCUT2D eigenvalue weighted by Crippen LogP contribution is 2.28. The highest BCUT2D eigenvalue weighted by molar-refractivity contribution is 8.00. The average Bonchev–Trinajstić information content (AvgIpc) is 3.33. The molecule has 0 saturated heterocycles. The summed E-state index contributed by atoms with van der Waals surface area (Å²) in [6.07, 6.45) is 3.04. The molecule has 5 aromatic rings. The minimum Gasteiger partial charge on any atom is -0.407 e. The van der Waals surface area contributed by atoms with Crippen LogP contribution >= 0.6 is 23.4 Å². The van der Waals surface area contributed by atoms with Crippen molar-refractivity contribution in [1.29, 1.82) is 0 Å². The van der Waals surface area contributed by atoms with Crippen molar-refractivity contribution >= 4 is 51.4 Å². The van der Waals surface area contributed by atoms with Gasteiger partial charge in [0.1, 0.15) is 11.4 Å². The number of nitrogens with zero attached hydrogens (tertiary/aromatic N) is 5. The first-order valence-electron chi connectivity index (χ1n) is 8.84. The van der Waals surface area contributed by atoms with Gasteiger partial charge in [-0.3, -0.25) is 4.79 Å². The summed E-state index contributed by atoms with van der Waals surface area (Å²) in [5.41, 5.74) is 2.06. The summed E-state index contributed by atoms with van der Waals surface area (Å²) in [4.78, 5) is 33.4. The van der Waals surface area contributed by atoms with Crippen LogP contribution in [0.1, 0.15) is 4.79 Å². The zero-order valence-electron chi connectivity index (χ0n) is 15.2. The number of rotatable bonds is 4. The molecule has 0 aliphatic carbocycles. The lowest BCUT2D eigenvalue weighted by atomic mass is 10.3. The van der Waals surface area contributed by atoms with Crippen LogP contribution in [0.3, 0.4) is 0 Å². The van der Waals surface area contributed by atoms with Crippen LogP contribution in [0.25, 0.3) is 27.8 Å². The molecule has 0 N–H and O–H groups in total. The molecule has 0 fully saturated rings. The first kappa shape index (κ1) is 18.6. The lowest BCUT2D eigenvalue weighted by molar-refractivity contribution is 0.0938. The normalized spacial score (nSPS) is 11.4. The van der Waals surface area contributed by atoms with Crippen LogP contribution in [0.2, 0.25) is 5.02 Å². The van der Waals surface area contributed by atoms with Crippen molar-refractivity contribution < 1.29 is 9.21 Å². The average molecular weight is 438 g/mol. The number of benzene rings is 2. The van der Waals surface area contributed by atoms with Gasteiger partial charge in [0, 0.05) is 0 Å². The van der Waals surface area contributed by atoms with Gasteiger partial charge in [-0.2, -0.15) is 5.10 Å². The first-order valence-corrected chi connectivity index (χ1v) is 10.2. The second-order valence-corrected chi connectivity index (χ2v) is 7.65. The molecule has 0 radical (unpaired) electrons. The van der Waals surface area contributed by atoms with Gasteiger partial charge in [0.05, 0.1) is 33.6 Å². The predicted octanol–water partition coefficient (Wildman–Crippen LogP) is 3.81. The van der Waals surface area contributed by atoms with E-state index in [0.717, 1.165) is 4.57 Å². The number of fused-ring (bicyclic) bond motifs is 2. The highest BCUT2D eigenvalue weighted by atomic mass is 35.5. The van der Waals surface area contributed by atoms with E-state index in [0.29, 0.717) is 37.9 Å². The summed E-state index contributed by atoms with van der Waals surface area (Å²) in [5.74, 6) is -1.12. The molecule has 0 aliphatic rings. The van der Waals surface area contributed by atoms with Crippen LogP contribution in [0, 0.1) is 0 Å². The number of carbonyl (C=O) groups excluding carboxylic acids is 1. The van der Waals surface area contributed by atoms with Gasteiger partial charge in [-0.15, -0.1) is 0 Å². The minimum absolute atomic E-state index is 0.00712. The number of hydrogen-bond donors (Lipinski definition) is 0. The van der Waals surface area contributed by atoms with E-state index in [4.69, 9.17) is 16.0 Å². The molecule has 8 nitrogen and oxygen atoms in total. The van der Waals surface area contributed by atoms with Crippen LogP contribution in [-0.4, -0.2) is 36.0 Å². The second kappa shape index (κ2) is 7.43. The summed E-state index contributed by atoms with van der Waals surface area (Å²) in [6, 6.07) is 14.1. The smallest absolute Gasteiger partial charge is 0.407 e. The van der Waals surface area contributed by atoms with E-state index < -0.39 is 11.7 Å². The molecule has 0 unspecified atom stereocenters. The van der Waals surface area contributed by atoms with E-state index >= 15 is 0 Å². The minimum atomic E-state index is -0.707. The fourth-order valence-corrected chi connectivity index (χ4v) is 4.16. The van der Waals surface area contributed by atoms with E-state index in [1.807, 2.05) is 18.2 Å². The molecule has 0 saturated carbocycles. The van der Waals surface area contributed by atoms with Gasteiger partial charge in [-0.1, -0.05) is 47.6 Å². The van der Waals surface area contributed by atoms with Crippen molar-refractivity contribution in [2.24, 2.45) is 0 Å². The Balaban J connectivity index is 1.46. The van der Waals surface area contributed by atoms with Crippen LogP contribution in [0.15, 0.2) is 75.3 Å². The Kier molecular flexibility index (Phi) is 4.61. The molecule has 30 heavy (non-hydrogen) atoms. The quantitative estimate of drug-likeness (QED) is 0.311. The molecule has 0 aliphatic heterocycles. The van der Waals surface area contributed by atoms with Gasteiger partial charge in [0.2, 0.25) is 5.91 Å². The summed E-state index contributed by atoms with van der Waals surface area (Å²) in [5, 5.41) is 6.18. The Hall–Kier alpha value is -3.43. The van der Waals surface area contributed by atoms with Crippen molar-refractivity contribution in [2.75, 3.05) is 5.75 Å². The van der Waals surface area contributed by atoms with Crippen LogP contribution in [0.5, 0.6) is 0 Å². The third-order valence-electron chi connectivity index (χ3n) is 4.48. The number of carbonyl (C=O) groups is 1. The maximum absolute atomic E-state index is 12.7. The van der Waals surface area contributed by atoms with E-state index in [1.165, 1.54) is 18.1 Å². The number of hydrogen-bond acceptors (Lipinski definition) is 7. The van der Waals surface area contributed by atoms with Gasteiger partial charge in [-0.25, -0.2) is 24.0 Å². The molecule has 2 aromatic carbocycles. The number of aromatic nitrogens is 5. The standard InChI is InChI=1S/C20H12ClN5O3S/c21-13-5-1-2-6-14(13)26-18-12(9-24-26)19(23-11-22-18)30-10-17(27)25-15-7-3-4-8-16(15)29-20(25)28/h1-9,11H,10H2. The monoisotopic (exact) mass is 437 g/mol. The SMILES string of the molecule is O=C(CSc1ncnc2c1cnn2-c1ccccc1Cl)n1c(=O)oc2ccccc21. The fraction of sp³-hybridized carbons (Fsp3) is 0.0500. The van der Waals surface area contributed by atoms with E-state index in [1.54, 1.807) is 41.2 Å². The molecule has 0 amide bonds. The maximum atomic E-state index is 12.7. The number of halogens is 1. The van der Waals surface area contributed by atoms with Gasteiger partial charge in [0.25, 0.3) is 0 Å². The second-order valence-electron chi connectivity index (χ2n) is 6.28. The zero-order chi connectivity index (χ0) is 20.7. The zero-order valence-corrected chi connectivity index (χ0v) is 16.8. The van der Waals surface area contributed by atoms with Gasteiger partial charge in [-0.05, 0) is 24.3 Å². The summed E-state index contributed by atoms with van der Waals surface area (Å²) in [7, 11) is 0. The summed E-state index contributed by atoms with van der Waals surface area (Å²) < 4.78 is 7.79. The van der Waals surface area contributed by atoms with Crippen molar-refractivity contribution in [3.8, 4) is 5.69 Å². The lowest BCUT2D eigenvalue weighted by Gasteiger charge is -2.06. The van der Waals surface area contributed by atoms with Gasteiger partial charge < -0.3 is 4.42 Å². The largest absolute Gasteiger partial charge is 0.426 e. The molecular formula is C20H12ClN5O3S. The van der Waals surface area contributed by atoms with Crippen molar-refractivity contribution in [2.45, 2.75) is 5.03 Å². The Morgan fingerprint density at radius 2 is 1.90 bits per heavy atom. The third kappa shape index (κ3) is 3.08. The molecule has 0 spiro atoms. The van der Waals surface area contributed by atoms with E-state index in [-0.39, 0.29) is 5.75 Å². The molecule has 3 aromatic heterocycles.